The fourth-order valence-electron chi connectivity index (χ4n) is 1.03. The van der Waals surface area contributed by atoms with E-state index >= 15 is 0 Å². The maximum Gasteiger partial charge on any atom is 0.274 e. The van der Waals surface area contributed by atoms with E-state index in [0.717, 1.165) is 0 Å². The first-order chi connectivity index (χ1) is 8.17. The number of rotatable bonds is 4. The minimum absolute atomic E-state index is 0.264. The van der Waals surface area contributed by atoms with Crippen LogP contribution in [0, 0.1) is 11.3 Å². The second kappa shape index (κ2) is 6.25. The molecule has 0 aliphatic heterocycles. The Bertz CT molecular complexity index is 465. The Labute approximate surface area is 98.1 Å². The van der Waals surface area contributed by atoms with Crippen molar-refractivity contribution >= 4 is 11.8 Å². The summed E-state index contributed by atoms with van der Waals surface area (Å²) in [4.78, 5) is 27.0. The largest absolute Gasteiger partial charge is 0.357 e. The molecular formula is C11H11N3O3. The molecule has 0 fully saturated rings. The number of likely N-dealkylation sites (N-methyl/N-ethyl adjacent to an activating group) is 1. The molecule has 2 N–H and O–H groups in total. The number of benzene rings is 1. The fraction of sp³-hybridized carbons (Fsp3) is 0.182. The molecule has 0 spiro atoms. The minimum atomic E-state index is -0.508. The Kier molecular flexibility index (Phi) is 4.66. The number of nitrogens with one attached hydrogen (secondary N) is 2. The molecule has 1 aromatic rings. The van der Waals surface area contributed by atoms with Gasteiger partial charge in [0.2, 0.25) is 5.91 Å². The third-order valence-electron chi connectivity index (χ3n) is 1.90. The van der Waals surface area contributed by atoms with Gasteiger partial charge in [0.25, 0.3) is 5.91 Å². The van der Waals surface area contributed by atoms with Crippen molar-refractivity contribution in [3.05, 3.63) is 35.4 Å². The van der Waals surface area contributed by atoms with E-state index in [1.807, 2.05) is 6.07 Å². The van der Waals surface area contributed by atoms with Gasteiger partial charge in [0.15, 0.2) is 6.61 Å². The van der Waals surface area contributed by atoms with Crippen LogP contribution in [0.4, 0.5) is 0 Å². The lowest BCUT2D eigenvalue weighted by molar-refractivity contribution is -0.126. The molecule has 0 saturated heterocycles. The van der Waals surface area contributed by atoms with Crippen LogP contribution < -0.4 is 10.8 Å². The van der Waals surface area contributed by atoms with Gasteiger partial charge in [0.1, 0.15) is 0 Å². The van der Waals surface area contributed by atoms with Gasteiger partial charge >= 0.3 is 0 Å². The van der Waals surface area contributed by atoms with Gasteiger partial charge in [-0.2, -0.15) is 5.26 Å². The number of hydrogen-bond donors (Lipinski definition) is 2. The summed E-state index contributed by atoms with van der Waals surface area (Å²) in [5, 5.41) is 11.0. The van der Waals surface area contributed by atoms with Crippen molar-refractivity contribution in [3.8, 4) is 6.07 Å². The molecule has 0 aliphatic carbocycles. The van der Waals surface area contributed by atoms with E-state index in [-0.39, 0.29) is 12.5 Å². The molecule has 1 rings (SSSR count). The Balaban J connectivity index is 2.53. The van der Waals surface area contributed by atoms with Crippen LogP contribution in [0.2, 0.25) is 0 Å². The summed E-state index contributed by atoms with van der Waals surface area (Å²) < 4.78 is 0. The standard InChI is InChI=1S/C11H11N3O3/c1-13-10(15)7-17-14-11(16)9-4-2-3-8(5-9)6-12/h2-5H,7H2,1H3,(H,13,15)(H,14,16). The normalized spacial score (nSPS) is 9.18. The highest BCUT2D eigenvalue weighted by Gasteiger charge is 2.07. The molecule has 0 aromatic heterocycles. The third-order valence-corrected chi connectivity index (χ3v) is 1.90. The van der Waals surface area contributed by atoms with Crippen LogP contribution in [-0.2, 0) is 9.63 Å². The summed E-state index contributed by atoms with van der Waals surface area (Å²) in [7, 11) is 1.46. The van der Waals surface area contributed by atoms with E-state index in [1.165, 1.54) is 13.1 Å². The van der Waals surface area contributed by atoms with Gasteiger partial charge in [-0.15, -0.1) is 0 Å². The van der Waals surface area contributed by atoms with Crippen LogP contribution in [0.5, 0.6) is 0 Å². The average Bonchev–Trinajstić information content (AvgIpc) is 2.38. The van der Waals surface area contributed by atoms with Crippen LogP contribution in [0.15, 0.2) is 24.3 Å². The molecule has 0 unspecified atom stereocenters. The summed E-state index contributed by atoms with van der Waals surface area (Å²) in [6.45, 7) is -0.264. The van der Waals surface area contributed by atoms with Crippen LogP contribution in [0.3, 0.4) is 0 Å². The summed E-state index contributed by atoms with van der Waals surface area (Å²) >= 11 is 0. The highest BCUT2D eigenvalue weighted by atomic mass is 16.7. The zero-order chi connectivity index (χ0) is 12.7. The second-order valence-corrected chi connectivity index (χ2v) is 3.09. The summed E-state index contributed by atoms with van der Waals surface area (Å²) in [6.07, 6.45) is 0. The van der Waals surface area contributed by atoms with Crippen molar-refractivity contribution in [2.24, 2.45) is 0 Å². The van der Waals surface area contributed by atoms with Gasteiger partial charge in [0.05, 0.1) is 11.6 Å². The van der Waals surface area contributed by atoms with Crippen LogP contribution in [-0.4, -0.2) is 25.5 Å². The number of carbonyl (C=O) groups excluding carboxylic acids is 2. The summed E-state index contributed by atoms with van der Waals surface area (Å²) in [6, 6.07) is 8.07. The van der Waals surface area contributed by atoms with Gasteiger partial charge in [0, 0.05) is 12.6 Å². The lowest BCUT2D eigenvalue weighted by Gasteiger charge is -2.05. The van der Waals surface area contributed by atoms with Crippen LogP contribution in [0.25, 0.3) is 0 Å². The Morgan fingerprint density at radius 3 is 2.88 bits per heavy atom. The number of amides is 2. The van der Waals surface area contributed by atoms with E-state index in [2.05, 4.69) is 15.6 Å². The number of nitriles is 1. The van der Waals surface area contributed by atoms with Gasteiger partial charge in [-0.3, -0.25) is 14.4 Å². The molecule has 6 nitrogen and oxygen atoms in total. The molecule has 1 aromatic carbocycles. The highest BCUT2D eigenvalue weighted by molar-refractivity contribution is 5.93. The van der Waals surface area contributed by atoms with E-state index in [9.17, 15) is 9.59 Å². The monoisotopic (exact) mass is 233 g/mol. The Hall–Kier alpha value is -2.39. The molecule has 0 heterocycles. The summed E-state index contributed by atoms with van der Waals surface area (Å²) in [5.74, 6) is -0.859. The molecule has 0 atom stereocenters. The van der Waals surface area contributed by atoms with Crippen molar-refractivity contribution in [1.82, 2.24) is 10.8 Å². The topological polar surface area (TPSA) is 91.2 Å². The van der Waals surface area contributed by atoms with E-state index in [1.54, 1.807) is 18.2 Å². The predicted molar refractivity (Wildman–Crippen MR) is 58.6 cm³/mol. The van der Waals surface area contributed by atoms with Crippen molar-refractivity contribution in [2.45, 2.75) is 0 Å². The molecule has 0 bridgehead atoms. The van der Waals surface area contributed by atoms with Gasteiger partial charge in [-0.05, 0) is 18.2 Å². The summed E-state index contributed by atoms with van der Waals surface area (Å²) in [5.41, 5.74) is 2.78. The van der Waals surface area contributed by atoms with Crippen molar-refractivity contribution in [1.29, 1.82) is 5.26 Å². The lowest BCUT2D eigenvalue weighted by atomic mass is 10.1. The van der Waals surface area contributed by atoms with E-state index in [0.29, 0.717) is 11.1 Å². The maximum absolute atomic E-state index is 11.5. The smallest absolute Gasteiger partial charge is 0.274 e. The molecule has 0 aliphatic rings. The molecular weight excluding hydrogens is 222 g/mol. The number of nitrogens with zero attached hydrogens (tertiary/aromatic N) is 1. The quantitative estimate of drug-likeness (QED) is 0.714. The molecule has 2 amide bonds. The fourth-order valence-corrected chi connectivity index (χ4v) is 1.03. The van der Waals surface area contributed by atoms with Gasteiger partial charge in [-0.1, -0.05) is 6.07 Å². The highest BCUT2D eigenvalue weighted by Crippen LogP contribution is 2.03. The predicted octanol–water partition coefficient (Wildman–Crippen LogP) is -0.0343. The van der Waals surface area contributed by atoms with Crippen LogP contribution >= 0.6 is 0 Å². The zero-order valence-electron chi connectivity index (χ0n) is 9.19. The first kappa shape index (κ1) is 12.7. The van der Waals surface area contributed by atoms with Crippen molar-refractivity contribution in [3.63, 3.8) is 0 Å². The molecule has 88 valence electrons. The first-order valence-electron chi connectivity index (χ1n) is 4.80. The van der Waals surface area contributed by atoms with Crippen molar-refractivity contribution in [2.75, 3.05) is 13.7 Å². The Morgan fingerprint density at radius 2 is 2.24 bits per heavy atom. The molecule has 0 radical (unpaired) electrons. The van der Waals surface area contributed by atoms with E-state index < -0.39 is 5.91 Å². The molecule has 6 heteroatoms. The zero-order valence-corrected chi connectivity index (χ0v) is 9.19. The lowest BCUT2D eigenvalue weighted by Crippen LogP contribution is -2.31. The second-order valence-electron chi connectivity index (χ2n) is 3.09. The SMILES string of the molecule is CNC(=O)CONC(=O)c1cccc(C#N)c1. The van der Waals surface area contributed by atoms with Gasteiger partial charge < -0.3 is 5.32 Å². The average molecular weight is 233 g/mol. The van der Waals surface area contributed by atoms with Gasteiger partial charge in [-0.25, -0.2) is 5.48 Å². The molecule has 17 heavy (non-hydrogen) atoms. The molecule has 0 saturated carbocycles. The third kappa shape index (κ3) is 3.93. The minimum Gasteiger partial charge on any atom is -0.357 e. The van der Waals surface area contributed by atoms with Crippen molar-refractivity contribution < 1.29 is 14.4 Å². The van der Waals surface area contributed by atoms with E-state index in [4.69, 9.17) is 5.26 Å². The number of hydroxylamine groups is 1. The Morgan fingerprint density at radius 1 is 1.47 bits per heavy atom. The first-order valence-corrected chi connectivity index (χ1v) is 4.80. The van der Waals surface area contributed by atoms with Crippen LogP contribution in [0.1, 0.15) is 15.9 Å². The number of carbonyl (C=O) groups is 2. The number of hydrogen-bond acceptors (Lipinski definition) is 4. The maximum atomic E-state index is 11.5.